The third-order valence-electron chi connectivity index (χ3n) is 7.26. The zero-order valence-electron chi connectivity index (χ0n) is 22.9. The second kappa shape index (κ2) is 11.1. The molecule has 1 aromatic heterocycles. The van der Waals surface area contributed by atoms with Gasteiger partial charge in [-0.3, -0.25) is 9.48 Å². The van der Waals surface area contributed by atoms with E-state index in [4.69, 9.17) is 4.74 Å². The summed E-state index contributed by atoms with van der Waals surface area (Å²) >= 11 is 0. The number of alkyl halides is 3. The minimum atomic E-state index is -4.54. The van der Waals surface area contributed by atoms with E-state index in [2.05, 4.69) is 5.10 Å². The van der Waals surface area contributed by atoms with Gasteiger partial charge in [0.1, 0.15) is 17.9 Å². The second-order valence-corrected chi connectivity index (χ2v) is 10.3. The molecule has 210 valence electrons. The molecule has 5 rings (SSSR count). The van der Waals surface area contributed by atoms with Crippen LogP contribution in [0.3, 0.4) is 0 Å². The normalized spacial score (nSPS) is 12.4. The molecule has 0 spiro atoms. The molecular formula is C33H29F3N2O3. The Kier molecular flexibility index (Phi) is 7.58. The summed E-state index contributed by atoms with van der Waals surface area (Å²) in [5.41, 5.74) is 5.04. The SMILES string of the molecule is Cc1ccc(Cn2nc3c(C(F)(F)F)cccc3c2-c2cccc(OCc3ccc(C(C)C(=O)O)cc3)c2)c(C)c1. The van der Waals surface area contributed by atoms with Crippen LogP contribution in [0, 0.1) is 13.8 Å². The van der Waals surface area contributed by atoms with Gasteiger partial charge >= 0.3 is 12.1 Å². The highest BCUT2D eigenvalue weighted by atomic mass is 19.4. The van der Waals surface area contributed by atoms with E-state index in [0.717, 1.165) is 28.3 Å². The Balaban J connectivity index is 1.51. The average Bonchev–Trinajstić information content (AvgIpc) is 3.31. The van der Waals surface area contributed by atoms with Crippen LogP contribution in [-0.2, 0) is 24.1 Å². The van der Waals surface area contributed by atoms with E-state index in [1.807, 2.05) is 50.2 Å². The van der Waals surface area contributed by atoms with Crippen LogP contribution < -0.4 is 4.74 Å². The molecule has 0 aliphatic rings. The Labute approximate surface area is 235 Å². The monoisotopic (exact) mass is 558 g/mol. The first-order chi connectivity index (χ1) is 19.5. The van der Waals surface area contributed by atoms with Gasteiger partial charge in [0.25, 0.3) is 0 Å². The molecule has 0 fully saturated rings. The molecule has 0 aliphatic carbocycles. The maximum Gasteiger partial charge on any atom is 0.418 e. The van der Waals surface area contributed by atoms with Gasteiger partial charge in [-0.1, -0.05) is 72.3 Å². The van der Waals surface area contributed by atoms with Crippen molar-refractivity contribution in [2.24, 2.45) is 0 Å². The average molecular weight is 559 g/mol. The molecule has 5 aromatic rings. The van der Waals surface area contributed by atoms with Crippen LogP contribution in [0.15, 0.2) is 84.9 Å². The number of aromatic nitrogens is 2. The minimum absolute atomic E-state index is 0.0956. The number of halogens is 3. The Morgan fingerprint density at radius 2 is 1.71 bits per heavy atom. The lowest BCUT2D eigenvalue weighted by Gasteiger charge is -2.13. The fraction of sp³-hybridized carbons (Fsp3) is 0.212. The zero-order valence-corrected chi connectivity index (χ0v) is 22.9. The Bertz CT molecular complexity index is 1720. The molecule has 0 saturated carbocycles. The van der Waals surface area contributed by atoms with Crippen molar-refractivity contribution >= 4 is 16.9 Å². The van der Waals surface area contributed by atoms with Crippen molar-refractivity contribution in [1.82, 2.24) is 9.78 Å². The molecule has 8 heteroatoms. The summed E-state index contributed by atoms with van der Waals surface area (Å²) in [5.74, 6) is -0.953. The standard InChI is InChI=1S/C33H29F3N2O3/c1-20-10-13-26(21(2)16-20)18-38-31(28-8-5-9-29(30(28)37-38)33(34,35)36)25-6-4-7-27(17-25)41-19-23-11-14-24(15-12-23)22(3)32(39)40/h4-17,22H,18-19H2,1-3H3,(H,39,40). The molecule has 4 aromatic carbocycles. The number of benzene rings is 4. The first-order valence-electron chi connectivity index (χ1n) is 13.2. The minimum Gasteiger partial charge on any atom is -0.489 e. The molecular weight excluding hydrogens is 529 g/mol. The Morgan fingerprint density at radius 3 is 2.39 bits per heavy atom. The maximum atomic E-state index is 13.9. The molecule has 0 radical (unpaired) electrons. The van der Waals surface area contributed by atoms with Crippen molar-refractivity contribution in [3.8, 4) is 17.0 Å². The van der Waals surface area contributed by atoms with E-state index in [1.165, 1.54) is 6.07 Å². The summed E-state index contributed by atoms with van der Waals surface area (Å²) in [6.07, 6.45) is -4.54. The fourth-order valence-corrected chi connectivity index (χ4v) is 4.93. The molecule has 0 aliphatic heterocycles. The van der Waals surface area contributed by atoms with Crippen molar-refractivity contribution in [2.45, 2.75) is 46.0 Å². The van der Waals surface area contributed by atoms with Crippen LogP contribution in [0.25, 0.3) is 22.2 Å². The summed E-state index contributed by atoms with van der Waals surface area (Å²) in [6.45, 7) is 6.16. The fourth-order valence-electron chi connectivity index (χ4n) is 4.93. The van der Waals surface area contributed by atoms with Gasteiger partial charge in [-0.25, -0.2) is 0 Å². The lowest BCUT2D eigenvalue weighted by atomic mass is 10.0. The molecule has 1 atom stereocenters. The highest BCUT2D eigenvalue weighted by molar-refractivity contribution is 5.95. The molecule has 0 bridgehead atoms. The highest BCUT2D eigenvalue weighted by Crippen LogP contribution is 2.39. The number of hydrogen-bond donors (Lipinski definition) is 1. The molecule has 0 amide bonds. The summed E-state index contributed by atoms with van der Waals surface area (Å²) < 4.78 is 49.5. The van der Waals surface area contributed by atoms with Crippen molar-refractivity contribution in [3.05, 3.63) is 118 Å². The smallest absolute Gasteiger partial charge is 0.418 e. The summed E-state index contributed by atoms with van der Waals surface area (Å²) in [6, 6.07) is 24.6. The van der Waals surface area contributed by atoms with Crippen molar-refractivity contribution in [3.63, 3.8) is 0 Å². The lowest BCUT2D eigenvalue weighted by molar-refractivity contribution is -0.138. The number of nitrogens with zero attached hydrogens (tertiary/aromatic N) is 2. The number of carboxylic acid groups (broad SMARTS) is 1. The van der Waals surface area contributed by atoms with Gasteiger partial charge in [0.2, 0.25) is 0 Å². The predicted molar refractivity (Wildman–Crippen MR) is 152 cm³/mol. The first-order valence-corrected chi connectivity index (χ1v) is 13.2. The molecule has 0 saturated heterocycles. The van der Waals surface area contributed by atoms with Crippen LogP contribution >= 0.6 is 0 Å². The molecule has 41 heavy (non-hydrogen) atoms. The lowest BCUT2D eigenvalue weighted by Crippen LogP contribution is -2.07. The number of rotatable bonds is 8. The summed E-state index contributed by atoms with van der Waals surface area (Å²) in [4.78, 5) is 11.2. The number of aliphatic carboxylic acids is 1. The quantitative estimate of drug-likeness (QED) is 0.209. The predicted octanol–water partition coefficient (Wildman–Crippen LogP) is 8.15. The molecule has 1 unspecified atom stereocenters. The topological polar surface area (TPSA) is 64.4 Å². The van der Waals surface area contributed by atoms with Crippen molar-refractivity contribution < 1.29 is 27.8 Å². The van der Waals surface area contributed by atoms with Crippen LogP contribution in [0.5, 0.6) is 5.75 Å². The first kappa shape index (κ1) is 28.0. The second-order valence-electron chi connectivity index (χ2n) is 10.3. The van der Waals surface area contributed by atoms with Crippen LogP contribution in [0.4, 0.5) is 13.2 Å². The van der Waals surface area contributed by atoms with Gasteiger partial charge in [-0.05, 0) is 61.2 Å². The number of hydrogen-bond acceptors (Lipinski definition) is 3. The van der Waals surface area contributed by atoms with Gasteiger partial charge in [0.05, 0.1) is 23.7 Å². The van der Waals surface area contributed by atoms with Gasteiger partial charge in [-0.2, -0.15) is 18.3 Å². The van der Waals surface area contributed by atoms with Crippen LogP contribution in [0.2, 0.25) is 0 Å². The molecule has 1 heterocycles. The highest BCUT2D eigenvalue weighted by Gasteiger charge is 2.34. The molecule has 1 N–H and O–H groups in total. The van der Waals surface area contributed by atoms with E-state index >= 15 is 0 Å². The third-order valence-corrected chi connectivity index (χ3v) is 7.26. The van der Waals surface area contributed by atoms with Crippen LogP contribution in [0.1, 0.15) is 46.2 Å². The van der Waals surface area contributed by atoms with Gasteiger partial charge < -0.3 is 9.84 Å². The number of ether oxygens (including phenoxy) is 1. The Hall–Kier alpha value is -4.59. The third kappa shape index (κ3) is 5.96. The largest absolute Gasteiger partial charge is 0.489 e. The van der Waals surface area contributed by atoms with Crippen molar-refractivity contribution in [1.29, 1.82) is 0 Å². The summed E-state index contributed by atoms with van der Waals surface area (Å²) in [7, 11) is 0. The van der Waals surface area contributed by atoms with Gasteiger partial charge in [-0.15, -0.1) is 0 Å². The van der Waals surface area contributed by atoms with E-state index in [9.17, 15) is 23.1 Å². The number of carboxylic acids is 1. The van der Waals surface area contributed by atoms with E-state index in [-0.39, 0.29) is 12.1 Å². The Morgan fingerprint density at radius 1 is 0.976 bits per heavy atom. The summed E-state index contributed by atoms with van der Waals surface area (Å²) in [5, 5.41) is 14.1. The van der Waals surface area contributed by atoms with E-state index < -0.39 is 23.6 Å². The zero-order chi connectivity index (χ0) is 29.3. The molecule has 5 nitrogen and oxygen atoms in total. The maximum absolute atomic E-state index is 13.9. The number of carbonyl (C=O) groups is 1. The van der Waals surface area contributed by atoms with Crippen molar-refractivity contribution in [2.75, 3.05) is 0 Å². The van der Waals surface area contributed by atoms with Gasteiger partial charge in [0, 0.05) is 10.9 Å². The van der Waals surface area contributed by atoms with Gasteiger partial charge in [0.15, 0.2) is 0 Å². The van der Waals surface area contributed by atoms with E-state index in [0.29, 0.717) is 34.5 Å². The number of aryl methyl sites for hydroxylation is 2. The van der Waals surface area contributed by atoms with Crippen LogP contribution in [-0.4, -0.2) is 20.9 Å². The van der Waals surface area contributed by atoms with E-state index in [1.54, 1.807) is 48.0 Å². The number of fused-ring (bicyclic) bond motifs is 1.